The first-order valence-corrected chi connectivity index (χ1v) is 11.1. The van der Waals surface area contributed by atoms with E-state index in [9.17, 15) is 14.3 Å². The number of amides is 1. The molecule has 1 amide bonds. The molecule has 166 valence electrons. The Kier molecular flexibility index (Phi) is 6.61. The van der Waals surface area contributed by atoms with E-state index in [1.807, 2.05) is 24.0 Å². The second kappa shape index (κ2) is 9.57. The van der Waals surface area contributed by atoms with E-state index < -0.39 is 5.82 Å². The number of likely N-dealkylation sites (tertiary alicyclic amines) is 1. The molecule has 0 spiro atoms. The molecule has 1 aliphatic rings. The summed E-state index contributed by atoms with van der Waals surface area (Å²) in [5, 5.41) is 14.0. The van der Waals surface area contributed by atoms with Crippen LogP contribution in [0.1, 0.15) is 24.8 Å². The standard InChI is InChI=1S/C25H25ClFN3O2/c1-16-8-9-22(31)18(13-16)21-14-17(25-19(26)5-2-6-20(25)27)15-23(29-21)28-10-4-12-30-11-3-7-24(30)32/h2,5-6,8-9,13-15,31H,3-4,7,10-12H2,1H3,(H,28,29). The molecule has 0 saturated carbocycles. The van der Waals surface area contributed by atoms with Crippen LogP contribution in [0.15, 0.2) is 48.5 Å². The van der Waals surface area contributed by atoms with Gasteiger partial charge in [0, 0.05) is 37.2 Å². The second-order valence-electron chi connectivity index (χ2n) is 8.01. The zero-order valence-electron chi connectivity index (χ0n) is 17.9. The Morgan fingerprint density at radius 1 is 1.22 bits per heavy atom. The average molecular weight is 454 g/mol. The molecule has 1 aromatic heterocycles. The van der Waals surface area contributed by atoms with Gasteiger partial charge in [0.15, 0.2) is 0 Å². The highest BCUT2D eigenvalue weighted by Gasteiger charge is 2.19. The quantitative estimate of drug-likeness (QED) is 0.454. The van der Waals surface area contributed by atoms with Crippen molar-refractivity contribution in [2.45, 2.75) is 26.2 Å². The second-order valence-corrected chi connectivity index (χ2v) is 8.42. The number of halogens is 2. The molecular formula is C25H25ClFN3O2. The minimum Gasteiger partial charge on any atom is -0.507 e. The number of carbonyl (C=O) groups is 1. The topological polar surface area (TPSA) is 65.5 Å². The van der Waals surface area contributed by atoms with Gasteiger partial charge >= 0.3 is 0 Å². The summed E-state index contributed by atoms with van der Waals surface area (Å²) >= 11 is 6.32. The molecule has 0 aliphatic carbocycles. The van der Waals surface area contributed by atoms with E-state index in [0.717, 1.165) is 24.9 Å². The molecule has 0 bridgehead atoms. The van der Waals surface area contributed by atoms with Crippen LogP contribution < -0.4 is 5.32 Å². The van der Waals surface area contributed by atoms with Crippen molar-refractivity contribution in [2.75, 3.05) is 25.0 Å². The number of aromatic nitrogens is 1. The lowest BCUT2D eigenvalue weighted by molar-refractivity contribution is -0.127. The molecule has 4 rings (SSSR count). The summed E-state index contributed by atoms with van der Waals surface area (Å²) in [5.74, 6) is 0.419. The molecule has 1 aliphatic heterocycles. The zero-order valence-corrected chi connectivity index (χ0v) is 18.6. The fraction of sp³-hybridized carbons (Fsp3) is 0.280. The number of pyridine rings is 1. The highest BCUT2D eigenvalue weighted by Crippen LogP contribution is 2.36. The largest absolute Gasteiger partial charge is 0.507 e. The van der Waals surface area contributed by atoms with Crippen LogP contribution in [0.4, 0.5) is 10.2 Å². The molecule has 5 nitrogen and oxygen atoms in total. The molecule has 1 fully saturated rings. The number of rotatable bonds is 7. The Morgan fingerprint density at radius 3 is 2.81 bits per heavy atom. The summed E-state index contributed by atoms with van der Waals surface area (Å²) in [7, 11) is 0. The van der Waals surface area contributed by atoms with Crippen molar-refractivity contribution in [3.63, 3.8) is 0 Å². The lowest BCUT2D eigenvalue weighted by atomic mass is 10.0. The number of anilines is 1. The maximum Gasteiger partial charge on any atom is 0.222 e. The van der Waals surface area contributed by atoms with Gasteiger partial charge in [0.05, 0.1) is 10.7 Å². The van der Waals surface area contributed by atoms with Gasteiger partial charge in [-0.15, -0.1) is 0 Å². The van der Waals surface area contributed by atoms with E-state index >= 15 is 0 Å². The summed E-state index contributed by atoms with van der Waals surface area (Å²) in [6.45, 7) is 4.04. The van der Waals surface area contributed by atoms with E-state index in [1.165, 1.54) is 6.07 Å². The van der Waals surface area contributed by atoms with E-state index in [-0.39, 0.29) is 17.2 Å². The van der Waals surface area contributed by atoms with Gasteiger partial charge in [0.25, 0.3) is 0 Å². The third kappa shape index (κ3) is 4.86. The Labute approximate surface area is 191 Å². The number of benzene rings is 2. The smallest absolute Gasteiger partial charge is 0.222 e. The average Bonchev–Trinajstić information content (AvgIpc) is 3.17. The van der Waals surface area contributed by atoms with Gasteiger partial charge in [0.1, 0.15) is 17.4 Å². The molecule has 0 radical (unpaired) electrons. The molecule has 0 atom stereocenters. The van der Waals surface area contributed by atoms with Crippen LogP contribution in [0.3, 0.4) is 0 Å². The molecule has 2 aromatic carbocycles. The normalized spacial score (nSPS) is 13.6. The van der Waals surface area contributed by atoms with Crippen molar-refractivity contribution >= 4 is 23.3 Å². The van der Waals surface area contributed by atoms with Crippen molar-refractivity contribution in [3.8, 4) is 28.1 Å². The van der Waals surface area contributed by atoms with Crippen LogP contribution in [0.2, 0.25) is 5.02 Å². The third-order valence-electron chi connectivity index (χ3n) is 5.59. The van der Waals surface area contributed by atoms with Gasteiger partial charge in [-0.05, 0) is 61.7 Å². The van der Waals surface area contributed by atoms with Crippen molar-refractivity contribution in [2.24, 2.45) is 0 Å². The number of hydrogen-bond donors (Lipinski definition) is 2. The fourth-order valence-corrected chi connectivity index (χ4v) is 4.23. The summed E-state index contributed by atoms with van der Waals surface area (Å²) in [6, 6.07) is 13.3. The Hall–Kier alpha value is -3.12. The van der Waals surface area contributed by atoms with Gasteiger partial charge in [-0.25, -0.2) is 9.37 Å². The van der Waals surface area contributed by atoms with Crippen molar-refractivity contribution in [1.82, 2.24) is 9.88 Å². The van der Waals surface area contributed by atoms with Crippen molar-refractivity contribution in [1.29, 1.82) is 0 Å². The molecule has 3 aromatic rings. The van der Waals surface area contributed by atoms with Gasteiger partial charge < -0.3 is 15.3 Å². The number of aryl methyl sites for hydroxylation is 1. The molecule has 0 unspecified atom stereocenters. The van der Waals surface area contributed by atoms with Crippen LogP contribution in [0.25, 0.3) is 22.4 Å². The highest BCUT2D eigenvalue weighted by atomic mass is 35.5. The molecular weight excluding hydrogens is 429 g/mol. The lowest BCUT2D eigenvalue weighted by Gasteiger charge is -2.16. The predicted molar refractivity (Wildman–Crippen MR) is 125 cm³/mol. The Balaban J connectivity index is 1.64. The van der Waals surface area contributed by atoms with E-state index in [2.05, 4.69) is 10.3 Å². The molecule has 32 heavy (non-hydrogen) atoms. The van der Waals surface area contributed by atoms with E-state index in [1.54, 1.807) is 30.3 Å². The van der Waals surface area contributed by atoms with Gasteiger partial charge in [-0.1, -0.05) is 29.3 Å². The first-order valence-electron chi connectivity index (χ1n) is 10.7. The first kappa shape index (κ1) is 22.1. The number of nitrogens with one attached hydrogen (secondary N) is 1. The third-order valence-corrected chi connectivity index (χ3v) is 5.90. The molecule has 1 saturated heterocycles. The number of phenolic OH excluding ortho intramolecular Hbond substituents is 1. The molecule has 2 heterocycles. The Bertz CT molecular complexity index is 1130. The van der Waals surface area contributed by atoms with Crippen molar-refractivity contribution < 1.29 is 14.3 Å². The molecule has 7 heteroatoms. The van der Waals surface area contributed by atoms with E-state index in [0.29, 0.717) is 47.2 Å². The number of phenols is 1. The minimum absolute atomic E-state index is 0.0957. The minimum atomic E-state index is -0.429. The van der Waals surface area contributed by atoms with Crippen molar-refractivity contribution in [3.05, 3.63) is 64.9 Å². The van der Waals surface area contributed by atoms with Gasteiger partial charge in [-0.3, -0.25) is 4.79 Å². The van der Waals surface area contributed by atoms with Crippen LogP contribution in [-0.4, -0.2) is 40.5 Å². The van der Waals surface area contributed by atoms with Gasteiger partial charge in [-0.2, -0.15) is 0 Å². The monoisotopic (exact) mass is 453 g/mol. The first-order chi connectivity index (χ1) is 15.4. The van der Waals surface area contributed by atoms with E-state index in [4.69, 9.17) is 11.6 Å². The maximum absolute atomic E-state index is 14.6. The predicted octanol–water partition coefficient (Wildman–Crippen LogP) is 5.65. The number of carbonyl (C=O) groups excluding carboxylic acids is 1. The number of hydrogen-bond acceptors (Lipinski definition) is 4. The van der Waals surface area contributed by atoms with Crippen LogP contribution in [0.5, 0.6) is 5.75 Å². The van der Waals surface area contributed by atoms with Crippen LogP contribution in [-0.2, 0) is 4.79 Å². The summed E-state index contributed by atoms with van der Waals surface area (Å²) in [6.07, 6.45) is 2.31. The lowest BCUT2D eigenvalue weighted by Crippen LogP contribution is -2.27. The summed E-state index contributed by atoms with van der Waals surface area (Å²) in [4.78, 5) is 18.3. The fourth-order valence-electron chi connectivity index (χ4n) is 3.96. The van der Waals surface area contributed by atoms with Gasteiger partial charge in [0.2, 0.25) is 5.91 Å². The summed E-state index contributed by atoms with van der Waals surface area (Å²) in [5.41, 5.74) is 2.90. The highest BCUT2D eigenvalue weighted by molar-refractivity contribution is 6.33. The number of nitrogens with zero attached hydrogens (tertiary/aromatic N) is 2. The zero-order chi connectivity index (χ0) is 22.7. The Morgan fingerprint density at radius 2 is 2.06 bits per heavy atom. The maximum atomic E-state index is 14.6. The summed E-state index contributed by atoms with van der Waals surface area (Å²) < 4.78 is 14.6. The number of aromatic hydroxyl groups is 1. The SMILES string of the molecule is Cc1ccc(O)c(-c2cc(-c3c(F)cccc3Cl)cc(NCCCN3CCCC3=O)n2)c1. The molecule has 2 N–H and O–H groups in total. The van der Waals surface area contributed by atoms with Crippen LogP contribution >= 0.6 is 11.6 Å². The van der Waals surface area contributed by atoms with Crippen LogP contribution in [0, 0.1) is 12.7 Å².